The zero-order valence-corrected chi connectivity index (χ0v) is 19.1. The first-order chi connectivity index (χ1) is 14.3. The van der Waals surface area contributed by atoms with Crippen molar-refractivity contribution in [3.8, 4) is 0 Å². The van der Waals surface area contributed by atoms with Crippen molar-refractivity contribution in [1.29, 1.82) is 0 Å². The van der Waals surface area contributed by atoms with E-state index in [0.29, 0.717) is 33.5 Å². The molecule has 9 heteroatoms. The number of aryl methyl sites for hydroxylation is 2. The number of fused-ring (bicyclic) bond motifs is 1. The number of benzene rings is 1. The highest BCUT2D eigenvalue weighted by Gasteiger charge is 2.21. The summed E-state index contributed by atoms with van der Waals surface area (Å²) in [4.78, 5) is 35.0. The molecule has 1 amide bonds. The number of likely N-dealkylation sites (tertiary alicyclic amines) is 1. The van der Waals surface area contributed by atoms with Crippen molar-refractivity contribution in [3.63, 3.8) is 0 Å². The van der Waals surface area contributed by atoms with E-state index >= 15 is 0 Å². The number of nitrogens with one attached hydrogen (secondary N) is 1. The molecule has 1 saturated heterocycles. The topological polar surface area (TPSA) is 67.2 Å². The van der Waals surface area contributed by atoms with Gasteiger partial charge in [0, 0.05) is 20.6 Å². The third kappa shape index (κ3) is 4.39. The standard InChI is InChI=1S/C21H22Cl2N4O2S/c1-12-13(2)30-20-19(12)21(29)27(17(25-20)10-26-5-3-4-6-26)11-18(28)24-16-8-14(22)7-15(23)9-16/h7-9H,3-6,10-11H2,1-2H3,(H,24,28). The lowest BCUT2D eigenvalue weighted by Gasteiger charge is -2.18. The lowest BCUT2D eigenvalue weighted by molar-refractivity contribution is -0.116. The van der Waals surface area contributed by atoms with Gasteiger partial charge in [-0.2, -0.15) is 0 Å². The Morgan fingerprint density at radius 1 is 1.17 bits per heavy atom. The van der Waals surface area contributed by atoms with E-state index in [1.54, 1.807) is 18.2 Å². The number of aromatic nitrogens is 2. The summed E-state index contributed by atoms with van der Waals surface area (Å²) < 4.78 is 1.50. The van der Waals surface area contributed by atoms with Gasteiger partial charge in [-0.15, -0.1) is 11.3 Å². The molecular weight excluding hydrogens is 443 g/mol. The van der Waals surface area contributed by atoms with E-state index in [1.165, 1.54) is 15.9 Å². The molecular formula is C21H22Cl2N4O2S. The van der Waals surface area contributed by atoms with Crippen molar-refractivity contribution in [2.45, 2.75) is 39.8 Å². The summed E-state index contributed by atoms with van der Waals surface area (Å²) in [5.74, 6) is 0.291. The molecule has 0 aliphatic carbocycles. The summed E-state index contributed by atoms with van der Waals surface area (Å²) in [5, 5.41) is 4.24. The van der Waals surface area contributed by atoms with Gasteiger partial charge in [-0.25, -0.2) is 4.98 Å². The normalized spacial score (nSPS) is 14.5. The maximum absolute atomic E-state index is 13.3. The summed E-state index contributed by atoms with van der Waals surface area (Å²) in [6, 6.07) is 4.83. The number of halogens is 2. The molecule has 3 aromatic rings. The van der Waals surface area contributed by atoms with Crippen LogP contribution in [0.2, 0.25) is 10.0 Å². The molecule has 3 heterocycles. The SMILES string of the molecule is Cc1sc2nc(CN3CCCC3)n(CC(=O)Nc3cc(Cl)cc(Cl)c3)c(=O)c2c1C. The van der Waals surface area contributed by atoms with E-state index < -0.39 is 0 Å². The number of anilines is 1. The largest absolute Gasteiger partial charge is 0.324 e. The molecule has 1 N–H and O–H groups in total. The minimum Gasteiger partial charge on any atom is -0.324 e. The summed E-state index contributed by atoms with van der Waals surface area (Å²) >= 11 is 13.6. The lowest BCUT2D eigenvalue weighted by atomic mass is 10.2. The quantitative estimate of drug-likeness (QED) is 0.598. The summed E-state index contributed by atoms with van der Waals surface area (Å²) in [5.41, 5.74) is 1.24. The number of carbonyl (C=O) groups is 1. The van der Waals surface area contributed by atoms with Crippen molar-refractivity contribution < 1.29 is 4.79 Å². The number of hydrogen-bond acceptors (Lipinski definition) is 5. The van der Waals surface area contributed by atoms with Crippen LogP contribution < -0.4 is 10.9 Å². The smallest absolute Gasteiger partial charge is 0.263 e. The van der Waals surface area contributed by atoms with Gasteiger partial charge in [-0.1, -0.05) is 23.2 Å². The first kappa shape index (κ1) is 21.3. The predicted molar refractivity (Wildman–Crippen MR) is 123 cm³/mol. The molecule has 4 rings (SSSR count). The Morgan fingerprint density at radius 3 is 2.50 bits per heavy atom. The molecule has 0 saturated carbocycles. The molecule has 0 unspecified atom stereocenters. The maximum atomic E-state index is 13.3. The monoisotopic (exact) mass is 464 g/mol. The molecule has 1 fully saturated rings. The molecule has 0 atom stereocenters. The minimum atomic E-state index is -0.330. The lowest BCUT2D eigenvalue weighted by Crippen LogP contribution is -2.33. The summed E-state index contributed by atoms with van der Waals surface area (Å²) in [6.45, 7) is 6.30. The van der Waals surface area contributed by atoms with Crippen molar-refractivity contribution in [2.75, 3.05) is 18.4 Å². The molecule has 30 heavy (non-hydrogen) atoms. The number of hydrogen-bond donors (Lipinski definition) is 1. The Hall–Kier alpha value is -1.93. The molecule has 1 aromatic carbocycles. The van der Waals surface area contributed by atoms with E-state index in [0.717, 1.165) is 41.2 Å². The summed E-state index contributed by atoms with van der Waals surface area (Å²) in [6.07, 6.45) is 2.28. The maximum Gasteiger partial charge on any atom is 0.263 e. The highest BCUT2D eigenvalue weighted by atomic mass is 35.5. The van der Waals surface area contributed by atoms with Crippen LogP contribution in [0.15, 0.2) is 23.0 Å². The van der Waals surface area contributed by atoms with Gasteiger partial charge in [0.2, 0.25) is 5.91 Å². The van der Waals surface area contributed by atoms with Crippen molar-refractivity contribution in [3.05, 3.63) is 54.9 Å². The summed E-state index contributed by atoms with van der Waals surface area (Å²) in [7, 11) is 0. The molecule has 0 radical (unpaired) electrons. The van der Waals surface area contributed by atoms with Crippen LogP contribution in [0, 0.1) is 13.8 Å². The van der Waals surface area contributed by atoms with Crippen LogP contribution in [0.4, 0.5) is 5.69 Å². The molecule has 0 bridgehead atoms. The average Bonchev–Trinajstić information content (AvgIpc) is 3.26. The van der Waals surface area contributed by atoms with E-state index in [-0.39, 0.29) is 18.0 Å². The van der Waals surface area contributed by atoms with Crippen LogP contribution in [0.25, 0.3) is 10.2 Å². The van der Waals surface area contributed by atoms with Crippen LogP contribution in [-0.2, 0) is 17.9 Å². The van der Waals surface area contributed by atoms with E-state index in [1.807, 2.05) is 13.8 Å². The molecule has 6 nitrogen and oxygen atoms in total. The van der Waals surface area contributed by atoms with Crippen LogP contribution in [0.1, 0.15) is 29.1 Å². The third-order valence-electron chi connectivity index (χ3n) is 5.38. The van der Waals surface area contributed by atoms with Gasteiger partial charge in [-0.05, 0) is 63.5 Å². The Labute approximate surface area is 188 Å². The Morgan fingerprint density at radius 2 is 1.83 bits per heavy atom. The number of amides is 1. The molecule has 2 aromatic heterocycles. The minimum absolute atomic E-state index is 0.122. The van der Waals surface area contributed by atoms with Gasteiger partial charge in [0.15, 0.2) is 0 Å². The van der Waals surface area contributed by atoms with E-state index in [2.05, 4.69) is 10.2 Å². The van der Waals surface area contributed by atoms with Crippen molar-refractivity contribution in [2.24, 2.45) is 0 Å². The molecule has 158 valence electrons. The van der Waals surface area contributed by atoms with Crippen molar-refractivity contribution in [1.82, 2.24) is 14.5 Å². The van der Waals surface area contributed by atoms with Crippen LogP contribution in [-0.4, -0.2) is 33.4 Å². The predicted octanol–water partition coefficient (Wildman–Crippen LogP) is 4.62. The second-order valence-electron chi connectivity index (χ2n) is 7.57. The number of carbonyl (C=O) groups excluding carboxylic acids is 1. The van der Waals surface area contributed by atoms with Crippen molar-refractivity contribution >= 4 is 56.3 Å². The number of thiophene rings is 1. The zero-order valence-electron chi connectivity index (χ0n) is 16.8. The second kappa shape index (κ2) is 8.67. The fourth-order valence-electron chi connectivity index (χ4n) is 3.76. The third-order valence-corrected chi connectivity index (χ3v) is 6.92. The first-order valence-corrected chi connectivity index (χ1v) is 11.4. The Bertz CT molecular complexity index is 1160. The average molecular weight is 465 g/mol. The van der Waals surface area contributed by atoms with Crippen LogP contribution in [0.3, 0.4) is 0 Å². The second-order valence-corrected chi connectivity index (χ2v) is 9.65. The van der Waals surface area contributed by atoms with Gasteiger partial charge >= 0.3 is 0 Å². The van der Waals surface area contributed by atoms with E-state index in [4.69, 9.17) is 28.2 Å². The molecule has 1 aliphatic heterocycles. The van der Waals surface area contributed by atoms with Gasteiger partial charge in [0.1, 0.15) is 17.2 Å². The van der Waals surface area contributed by atoms with Gasteiger partial charge < -0.3 is 5.32 Å². The molecule has 1 aliphatic rings. The molecule has 0 spiro atoms. The zero-order chi connectivity index (χ0) is 21.4. The highest BCUT2D eigenvalue weighted by Crippen LogP contribution is 2.27. The van der Waals surface area contributed by atoms with E-state index in [9.17, 15) is 9.59 Å². The van der Waals surface area contributed by atoms with Crippen LogP contribution in [0.5, 0.6) is 0 Å². The fourth-order valence-corrected chi connectivity index (χ4v) is 5.33. The number of nitrogens with zero attached hydrogens (tertiary/aromatic N) is 3. The Kier molecular flexibility index (Phi) is 6.16. The van der Waals surface area contributed by atoms with Gasteiger partial charge in [0.05, 0.1) is 11.9 Å². The Balaban J connectivity index is 1.69. The van der Waals surface area contributed by atoms with Crippen LogP contribution >= 0.6 is 34.5 Å². The number of rotatable bonds is 5. The van der Waals surface area contributed by atoms with Gasteiger partial charge in [0.25, 0.3) is 5.56 Å². The fraction of sp³-hybridized carbons (Fsp3) is 0.381. The highest BCUT2D eigenvalue weighted by molar-refractivity contribution is 7.18. The first-order valence-electron chi connectivity index (χ1n) is 9.79. The van der Waals surface area contributed by atoms with Gasteiger partial charge in [-0.3, -0.25) is 19.1 Å².